The van der Waals surface area contributed by atoms with Crippen molar-refractivity contribution in [1.29, 1.82) is 5.26 Å². The number of non-ortho nitro benzene ring substituents is 1. The van der Waals surface area contributed by atoms with Gasteiger partial charge in [-0.2, -0.15) is 5.26 Å². The number of rotatable bonds is 6. The first kappa shape index (κ1) is 21.7. The van der Waals surface area contributed by atoms with E-state index in [0.717, 1.165) is 11.1 Å². The Morgan fingerprint density at radius 1 is 1.16 bits per heavy atom. The van der Waals surface area contributed by atoms with Crippen molar-refractivity contribution in [2.24, 2.45) is 0 Å². The molecule has 0 fully saturated rings. The summed E-state index contributed by atoms with van der Waals surface area (Å²) in [6.45, 7) is 0. The molecule has 0 spiro atoms. The molecule has 3 aromatic rings. The van der Waals surface area contributed by atoms with Gasteiger partial charge in [-0.1, -0.05) is 41.9 Å². The van der Waals surface area contributed by atoms with Crippen molar-refractivity contribution in [1.82, 2.24) is 0 Å². The number of halogens is 2. The number of hydrogen-bond donors (Lipinski definition) is 1. The number of nitro benzene ring substituents is 1. The largest absolute Gasteiger partial charge is 0.321 e. The highest BCUT2D eigenvalue weighted by molar-refractivity contribution is 6.31. The highest BCUT2D eigenvalue weighted by Crippen LogP contribution is 2.23. The fraction of sp³-hybridized carbons (Fsp3) is 0.0435. The van der Waals surface area contributed by atoms with Gasteiger partial charge in [0, 0.05) is 22.8 Å². The minimum Gasteiger partial charge on any atom is -0.321 e. The SMILES string of the molecule is N#C/C(=C\c1ccc(Cc2cccc(F)c2)c(Cl)c1)C(=O)Nc1cccc([N+](=O)[O-])c1. The Morgan fingerprint density at radius 2 is 1.94 bits per heavy atom. The van der Waals surface area contributed by atoms with Crippen LogP contribution in [0.4, 0.5) is 15.8 Å². The molecule has 8 heteroatoms. The van der Waals surface area contributed by atoms with Crippen molar-refractivity contribution >= 4 is 35.0 Å². The number of nitriles is 1. The molecule has 0 heterocycles. The molecule has 0 atom stereocenters. The van der Waals surface area contributed by atoms with Crippen LogP contribution in [-0.2, 0) is 11.2 Å². The van der Waals surface area contributed by atoms with Gasteiger partial charge in [0.2, 0.25) is 0 Å². The van der Waals surface area contributed by atoms with Crippen LogP contribution >= 0.6 is 11.6 Å². The molecule has 3 rings (SSSR count). The summed E-state index contributed by atoms with van der Waals surface area (Å²) in [5.74, 6) is -1.04. The quantitative estimate of drug-likeness (QED) is 0.238. The molecule has 31 heavy (non-hydrogen) atoms. The number of benzene rings is 3. The number of carbonyl (C=O) groups excluding carboxylic acids is 1. The van der Waals surface area contributed by atoms with Gasteiger partial charge < -0.3 is 5.32 Å². The second-order valence-corrected chi connectivity index (χ2v) is 7.00. The number of nitrogens with zero attached hydrogens (tertiary/aromatic N) is 2. The van der Waals surface area contributed by atoms with Crippen LogP contribution in [0.15, 0.2) is 72.3 Å². The van der Waals surface area contributed by atoms with Gasteiger partial charge in [-0.25, -0.2) is 4.39 Å². The molecule has 1 N–H and O–H groups in total. The Morgan fingerprint density at radius 3 is 2.61 bits per heavy atom. The smallest absolute Gasteiger partial charge is 0.271 e. The van der Waals surface area contributed by atoms with Crippen LogP contribution in [0.2, 0.25) is 5.02 Å². The topological polar surface area (TPSA) is 96.0 Å². The Kier molecular flexibility index (Phi) is 6.75. The maximum absolute atomic E-state index is 13.4. The summed E-state index contributed by atoms with van der Waals surface area (Å²) in [5.41, 5.74) is 1.88. The van der Waals surface area contributed by atoms with Gasteiger partial charge in [-0.05, 0) is 53.5 Å². The molecule has 0 saturated carbocycles. The van der Waals surface area contributed by atoms with Gasteiger partial charge in [0.15, 0.2) is 0 Å². The summed E-state index contributed by atoms with van der Waals surface area (Å²) < 4.78 is 13.4. The Hall–Kier alpha value is -4.02. The van der Waals surface area contributed by atoms with Crippen molar-refractivity contribution < 1.29 is 14.1 Å². The molecule has 0 radical (unpaired) electrons. The molecule has 0 aliphatic rings. The van der Waals surface area contributed by atoms with E-state index in [1.54, 1.807) is 30.3 Å². The highest BCUT2D eigenvalue weighted by Gasteiger charge is 2.13. The monoisotopic (exact) mass is 435 g/mol. The van der Waals surface area contributed by atoms with Crippen LogP contribution in [0.1, 0.15) is 16.7 Å². The molecule has 3 aromatic carbocycles. The van der Waals surface area contributed by atoms with Crippen molar-refractivity contribution in [3.05, 3.63) is 110 Å². The molecular formula is C23H15ClFN3O3. The Balaban J connectivity index is 1.78. The van der Waals surface area contributed by atoms with Gasteiger partial charge in [0.05, 0.1) is 4.92 Å². The van der Waals surface area contributed by atoms with Gasteiger partial charge in [-0.15, -0.1) is 0 Å². The fourth-order valence-corrected chi connectivity index (χ4v) is 3.13. The summed E-state index contributed by atoms with van der Waals surface area (Å²) in [5, 5.41) is 23.1. The maximum atomic E-state index is 13.4. The van der Waals surface area contributed by atoms with Crippen LogP contribution in [0.25, 0.3) is 6.08 Å². The highest BCUT2D eigenvalue weighted by atomic mass is 35.5. The minimum absolute atomic E-state index is 0.180. The summed E-state index contributed by atoms with van der Waals surface area (Å²) in [6, 6.07) is 18.5. The summed E-state index contributed by atoms with van der Waals surface area (Å²) in [4.78, 5) is 22.7. The van der Waals surface area contributed by atoms with E-state index in [1.165, 1.54) is 42.5 Å². The van der Waals surface area contributed by atoms with E-state index in [4.69, 9.17) is 11.6 Å². The van der Waals surface area contributed by atoms with E-state index < -0.39 is 10.8 Å². The normalized spacial score (nSPS) is 10.9. The number of carbonyl (C=O) groups is 1. The third-order valence-electron chi connectivity index (χ3n) is 4.35. The first-order chi connectivity index (χ1) is 14.9. The van der Waals surface area contributed by atoms with E-state index in [-0.39, 0.29) is 22.8 Å². The zero-order chi connectivity index (χ0) is 22.4. The molecule has 6 nitrogen and oxygen atoms in total. The molecule has 0 aromatic heterocycles. The van der Waals surface area contributed by atoms with Crippen molar-refractivity contribution in [3.63, 3.8) is 0 Å². The van der Waals surface area contributed by atoms with Crippen molar-refractivity contribution in [2.45, 2.75) is 6.42 Å². The summed E-state index contributed by atoms with van der Waals surface area (Å²) in [6.07, 6.45) is 1.80. The van der Waals surface area contributed by atoms with E-state index in [2.05, 4.69) is 5.32 Å². The number of nitro groups is 1. The lowest BCUT2D eigenvalue weighted by molar-refractivity contribution is -0.384. The van der Waals surface area contributed by atoms with Gasteiger partial charge in [-0.3, -0.25) is 14.9 Å². The molecule has 0 aliphatic heterocycles. The molecule has 0 aliphatic carbocycles. The number of nitrogens with one attached hydrogen (secondary N) is 1. The van der Waals surface area contributed by atoms with Gasteiger partial charge in [0.25, 0.3) is 11.6 Å². The second-order valence-electron chi connectivity index (χ2n) is 6.59. The maximum Gasteiger partial charge on any atom is 0.271 e. The summed E-state index contributed by atoms with van der Waals surface area (Å²) in [7, 11) is 0. The van der Waals surface area contributed by atoms with Gasteiger partial charge >= 0.3 is 0 Å². The molecule has 1 amide bonds. The first-order valence-corrected chi connectivity index (χ1v) is 9.44. The van der Waals surface area contributed by atoms with Crippen LogP contribution in [0.3, 0.4) is 0 Å². The Bertz CT molecular complexity index is 1230. The van der Waals surface area contributed by atoms with E-state index in [0.29, 0.717) is 17.0 Å². The number of hydrogen-bond acceptors (Lipinski definition) is 4. The lowest BCUT2D eigenvalue weighted by Crippen LogP contribution is -2.13. The predicted octanol–water partition coefficient (Wildman–Crippen LogP) is 5.52. The van der Waals surface area contributed by atoms with Crippen molar-refractivity contribution in [3.8, 4) is 6.07 Å². The predicted molar refractivity (Wildman–Crippen MR) is 116 cm³/mol. The van der Waals surface area contributed by atoms with E-state index >= 15 is 0 Å². The zero-order valence-electron chi connectivity index (χ0n) is 16.0. The van der Waals surface area contributed by atoms with E-state index in [1.807, 2.05) is 6.07 Å². The molecule has 0 saturated heterocycles. The minimum atomic E-state index is -0.706. The summed E-state index contributed by atoms with van der Waals surface area (Å²) >= 11 is 6.33. The number of amides is 1. The third kappa shape index (κ3) is 5.75. The van der Waals surface area contributed by atoms with Crippen LogP contribution in [0.5, 0.6) is 0 Å². The van der Waals surface area contributed by atoms with E-state index in [9.17, 15) is 24.6 Å². The average molecular weight is 436 g/mol. The van der Waals surface area contributed by atoms with Crippen LogP contribution in [-0.4, -0.2) is 10.8 Å². The molecule has 0 bridgehead atoms. The van der Waals surface area contributed by atoms with Gasteiger partial charge in [0.1, 0.15) is 17.5 Å². The lowest BCUT2D eigenvalue weighted by Gasteiger charge is -2.07. The first-order valence-electron chi connectivity index (χ1n) is 9.06. The lowest BCUT2D eigenvalue weighted by atomic mass is 10.0. The van der Waals surface area contributed by atoms with Crippen molar-refractivity contribution in [2.75, 3.05) is 5.32 Å². The van der Waals surface area contributed by atoms with Crippen LogP contribution in [0, 0.1) is 27.3 Å². The zero-order valence-corrected chi connectivity index (χ0v) is 16.8. The fourth-order valence-electron chi connectivity index (χ4n) is 2.87. The standard InChI is InChI=1S/C23H15ClFN3O3/c24-22-12-16(7-8-17(22)9-15-3-1-4-19(25)11-15)10-18(14-26)23(29)27-20-5-2-6-21(13-20)28(30)31/h1-8,10-13H,9H2,(H,27,29)/b18-10+. The second kappa shape index (κ2) is 9.65. The average Bonchev–Trinajstić information content (AvgIpc) is 2.74. The molecular weight excluding hydrogens is 421 g/mol. The van der Waals surface area contributed by atoms with Crippen LogP contribution < -0.4 is 5.32 Å². The third-order valence-corrected chi connectivity index (χ3v) is 4.70. The molecule has 154 valence electrons. The Labute approximate surface area is 182 Å². The molecule has 0 unspecified atom stereocenters. The number of anilines is 1.